The number of anilines is 1. The number of nitro benzene ring substituents is 1. The van der Waals surface area contributed by atoms with E-state index in [-0.39, 0.29) is 23.5 Å². The van der Waals surface area contributed by atoms with Gasteiger partial charge in [0.15, 0.2) is 0 Å². The van der Waals surface area contributed by atoms with Crippen molar-refractivity contribution < 1.29 is 24.0 Å². The first-order valence-corrected chi connectivity index (χ1v) is 11.0. The number of nitro groups is 1. The Morgan fingerprint density at radius 2 is 1.83 bits per heavy atom. The molecule has 1 atom stereocenters. The Bertz CT molecular complexity index is 1320. The Kier molecular flexibility index (Phi) is 6.68. The molecule has 0 spiro atoms. The van der Waals surface area contributed by atoms with Crippen LogP contribution in [0.25, 0.3) is 0 Å². The third-order valence-electron chi connectivity index (χ3n) is 5.75. The van der Waals surface area contributed by atoms with Crippen LogP contribution in [0.5, 0.6) is 17.2 Å². The van der Waals surface area contributed by atoms with Crippen molar-refractivity contribution in [1.82, 2.24) is 0 Å². The van der Waals surface area contributed by atoms with E-state index in [0.717, 1.165) is 22.3 Å². The van der Waals surface area contributed by atoms with E-state index < -0.39 is 16.9 Å². The molecule has 0 fully saturated rings. The third-order valence-corrected chi connectivity index (χ3v) is 5.75. The molecule has 0 bridgehead atoms. The number of carbonyl (C=O) groups is 1. The van der Waals surface area contributed by atoms with Gasteiger partial charge in [0.05, 0.1) is 29.5 Å². The number of nitrogens with zero attached hydrogens (tertiary/aromatic N) is 2. The van der Waals surface area contributed by atoms with Gasteiger partial charge in [0.25, 0.3) is 11.6 Å². The fraction of sp³-hybridized carbons (Fsp3) is 0.231. The van der Waals surface area contributed by atoms with Gasteiger partial charge in [0, 0.05) is 18.6 Å². The van der Waals surface area contributed by atoms with E-state index in [2.05, 4.69) is 10.5 Å². The summed E-state index contributed by atoms with van der Waals surface area (Å²) >= 11 is 0. The highest BCUT2D eigenvalue weighted by Crippen LogP contribution is 2.33. The lowest BCUT2D eigenvalue weighted by Gasteiger charge is -2.14. The number of rotatable bonds is 7. The van der Waals surface area contributed by atoms with Crippen LogP contribution in [0, 0.1) is 30.9 Å². The summed E-state index contributed by atoms with van der Waals surface area (Å²) in [7, 11) is 1.58. The van der Waals surface area contributed by atoms with E-state index in [0.29, 0.717) is 17.2 Å². The Hall–Kier alpha value is -4.40. The maximum absolute atomic E-state index is 12.8. The third kappa shape index (κ3) is 5.40. The quantitative estimate of drug-likeness (QED) is 0.359. The molecule has 3 aromatic carbocycles. The molecule has 35 heavy (non-hydrogen) atoms. The molecule has 1 amide bonds. The summed E-state index contributed by atoms with van der Waals surface area (Å²) in [5.41, 5.74) is 4.44. The summed E-state index contributed by atoms with van der Waals surface area (Å²) in [5, 5.41) is 18.2. The van der Waals surface area contributed by atoms with Gasteiger partial charge < -0.3 is 19.6 Å². The Morgan fingerprint density at radius 1 is 1.09 bits per heavy atom. The molecule has 180 valence electrons. The number of amides is 1. The predicted octanol–water partition coefficient (Wildman–Crippen LogP) is 5.45. The van der Waals surface area contributed by atoms with Crippen LogP contribution in [0.15, 0.2) is 59.8 Å². The second-order valence-corrected chi connectivity index (χ2v) is 8.33. The highest BCUT2D eigenvalue weighted by Gasteiger charge is 2.29. The average Bonchev–Trinajstić information content (AvgIpc) is 3.33. The first kappa shape index (κ1) is 23.7. The summed E-state index contributed by atoms with van der Waals surface area (Å²) in [6, 6.07) is 15.3. The van der Waals surface area contributed by atoms with Gasteiger partial charge in [-0.2, -0.15) is 0 Å². The highest BCUT2D eigenvalue weighted by molar-refractivity contribution is 6.06. The number of methoxy groups -OCH3 is 1. The number of non-ortho nitro benzene ring substituents is 1. The van der Waals surface area contributed by atoms with Crippen LogP contribution in [-0.4, -0.2) is 29.8 Å². The minimum atomic E-state index is -0.864. The zero-order valence-corrected chi connectivity index (χ0v) is 19.8. The van der Waals surface area contributed by atoms with E-state index in [4.69, 9.17) is 14.3 Å². The SMILES string of the molecule is COc1ccc(C2=NOC(C(=O)Nc3cc(Oc4cc(C)cc(C)c4C)cc([N+](=O)[O-])c3)C2)cc1. The van der Waals surface area contributed by atoms with Crippen LogP contribution in [0.3, 0.4) is 0 Å². The second-order valence-electron chi connectivity index (χ2n) is 8.33. The van der Waals surface area contributed by atoms with Gasteiger partial charge in [-0.1, -0.05) is 11.2 Å². The van der Waals surface area contributed by atoms with E-state index in [1.807, 2.05) is 45.0 Å². The fourth-order valence-corrected chi connectivity index (χ4v) is 3.75. The second kappa shape index (κ2) is 9.84. The van der Waals surface area contributed by atoms with Gasteiger partial charge in [-0.15, -0.1) is 0 Å². The van der Waals surface area contributed by atoms with Crippen molar-refractivity contribution in [3.63, 3.8) is 0 Å². The molecule has 1 heterocycles. The van der Waals surface area contributed by atoms with Crippen LogP contribution >= 0.6 is 0 Å². The van der Waals surface area contributed by atoms with Crippen molar-refractivity contribution in [3.05, 3.63) is 87.0 Å². The van der Waals surface area contributed by atoms with Gasteiger partial charge >= 0.3 is 0 Å². The topological polar surface area (TPSA) is 112 Å². The molecule has 1 aliphatic rings. The van der Waals surface area contributed by atoms with Crippen LogP contribution < -0.4 is 14.8 Å². The fourth-order valence-electron chi connectivity index (χ4n) is 3.75. The molecular formula is C26H25N3O6. The molecule has 4 rings (SSSR count). The summed E-state index contributed by atoms with van der Waals surface area (Å²) in [6.45, 7) is 5.84. The molecule has 0 saturated heterocycles. The lowest BCUT2D eigenvalue weighted by molar-refractivity contribution is -0.384. The first-order valence-electron chi connectivity index (χ1n) is 11.0. The molecule has 1 N–H and O–H groups in total. The number of aryl methyl sites for hydroxylation is 2. The van der Waals surface area contributed by atoms with Crippen molar-refractivity contribution in [1.29, 1.82) is 0 Å². The number of carbonyl (C=O) groups excluding carboxylic acids is 1. The minimum absolute atomic E-state index is 0.206. The zero-order chi connectivity index (χ0) is 25.1. The lowest BCUT2D eigenvalue weighted by Crippen LogP contribution is -2.28. The molecule has 1 aliphatic heterocycles. The van der Waals surface area contributed by atoms with E-state index in [1.165, 1.54) is 12.1 Å². The van der Waals surface area contributed by atoms with Crippen molar-refractivity contribution in [2.24, 2.45) is 5.16 Å². The number of hydrogen-bond donors (Lipinski definition) is 1. The van der Waals surface area contributed by atoms with Crippen LogP contribution in [0.2, 0.25) is 0 Å². The average molecular weight is 476 g/mol. The van der Waals surface area contributed by atoms with Crippen LogP contribution in [0.1, 0.15) is 28.7 Å². The van der Waals surface area contributed by atoms with Gasteiger partial charge in [-0.3, -0.25) is 14.9 Å². The molecule has 0 aromatic heterocycles. The molecule has 9 nitrogen and oxygen atoms in total. The number of nitrogens with one attached hydrogen (secondary N) is 1. The monoisotopic (exact) mass is 475 g/mol. The van der Waals surface area contributed by atoms with E-state index in [1.54, 1.807) is 25.3 Å². The molecule has 0 radical (unpaired) electrons. The molecule has 0 aliphatic carbocycles. The van der Waals surface area contributed by atoms with Gasteiger partial charge in [-0.05, 0) is 73.4 Å². The van der Waals surface area contributed by atoms with Gasteiger partial charge in [0.2, 0.25) is 6.10 Å². The van der Waals surface area contributed by atoms with Crippen molar-refractivity contribution in [2.75, 3.05) is 12.4 Å². The highest BCUT2D eigenvalue weighted by atomic mass is 16.6. The number of ether oxygens (including phenoxy) is 2. The summed E-state index contributed by atoms with van der Waals surface area (Å²) in [5.74, 6) is 1.08. The smallest absolute Gasteiger partial charge is 0.275 e. The Labute approximate surface area is 202 Å². The Morgan fingerprint density at radius 3 is 2.51 bits per heavy atom. The van der Waals surface area contributed by atoms with Crippen LogP contribution in [-0.2, 0) is 9.63 Å². The van der Waals surface area contributed by atoms with Crippen molar-refractivity contribution in [3.8, 4) is 17.2 Å². The summed E-state index contributed by atoms with van der Waals surface area (Å²) in [4.78, 5) is 29.2. The molecule has 1 unspecified atom stereocenters. The predicted molar refractivity (Wildman–Crippen MR) is 131 cm³/mol. The molecular weight excluding hydrogens is 450 g/mol. The molecule has 0 saturated carbocycles. The van der Waals surface area contributed by atoms with Crippen molar-refractivity contribution >= 4 is 23.0 Å². The number of oxime groups is 1. The normalized spacial score (nSPS) is 14.6. The molecule has 3 aromatic rings. The largest absolute Gasteiger partial charge is 0.497 e. The number of hydrogen-bond acceptors (Lipinski definition) is 7. The Balaban J connectivity index is 1.50. The van der Waals surface area contributed by atoms with E-state index >= 15 is 0 Å². The van der Waals surface area contributed by atoms with E-state index in [9.17, 15) is 14.9 Å². The lowest BCUT2D eigenvalue weighted by atomic mass is 10.0. The summed E-state index contributed by atoms with van der Waals surface area (Å²) in [6.07, 6.45) is -0.601. The molecule has 9 heteroatoms. The summed E-state index contributed by atoms with van der Waals surface area (Å²) < 4.78 is 11.1. The standard InChI is InChI=1S/C26H25N3O6/c1-15-9-16(2)17(3)24(10-15)34-22-12-19(11-20(13-22)29(31)32)27-26(30)25-14-23(28-35-25)18-5-7-21(33-4)8-6-18/h5-13,25H,14H2,1-4H3,(H,27,30). The van der Waals surface area contributed by atoms with Crippen LogP contribution in [0.4, 0.5) is 11.4 Å². The number of benzene rings is 3. The van der Waals surface area contributed by atoms with Gasteiger partial charge in [-0.25, -0.2) is 0 Å². The zero-order valence-electron chi connectivity index (χ0n) is 19.8. The maximum Gasteiger partial charge on any atom is 0.275 e. The first-order chi connectivity index (χ1) is 16.7. The minimum Gasteiger partial charge on any atom is -0.497 e. The maximum atomic E-state index is 12.8. The van der Waals surface area contributed by atoms with Crippen molar-refractivity contribution in [2.45, 2.75) is 33.3 Å². The van der Waals surface area contributed by atoms with Gasteiger partial charge in [0.1, 0.15) is 17.2 Å².